The highest BCUT2D eigenvalue weighted by Crippen LogP contribution is 2.27. The molecule has 0 saturated heterocycles. The van der Waals surface area contributed by atoms with Gasteiger partial charge in [-0.05, 0) is 90.3 Å². The molecule has 0 radical (unpaired) electrons. The minimum absolute atomic E-state index is 0.159. The van der Waals surface area contributed by atoms with Gasteiger partial charge >= 0.3 is 6.09 Å². The van der Waals surface area contributed by atoms with Crippen molar-refractivity contribution in [3.63, 3.8) is 0 Å². The van der Waals surface area contributed by atoms with Crippen LogP contribution < -0.4 is 10.9 Å². The summed E-state index contributed by atoms with van der Waals surface area (Å²) in [5, 5.41) is 14.2. The number of nitrogens with zero attached hydrogens (tertiary/aromatic N) is 6. The van der Waals surface area contributed by atoms with Gasteiger partial charge in [-0.25, -0.2) is 19.1 Å². The van der Waals surface area contributed by atoms with Gasteiger partial charge in [0.1, 0.15) is 16.6 Å². The lowest BCUT2D eigenvalue weighted by Gasteiger charge is -2.31. The number of rotatable bonds is 5. The van der Waals surface area contributed by atoms with Crippen molar-refractivity contribution in [1.82, 2.24) is 29.2 Å². The largest absolute Gasteiger partial charge is 0.444 e. The SMILES string of the molecule is CC(C)n1c(=O)c2cnc(Nc3ccc4c(c3)CCN(C(=O)OC(C)(C)C)C4)nc2n1-c1ccnc(C(C)(C)O)c1. The maximum atomic E-state index is 13.4. The molecule has 0 fully saturated rings. The summed E-state index contributed by atoms with van der Waals surface area (Å²) in [7, 11) is 0. The number of amides is 1. The van der Waals surface area contributed by atoms with Crippen LogP contribution in [0, 0.1) is 0 Å². The van der Waals surface area contributed by atoms with Crippen LogP contribution in [0.25, 0.3) is 16.7 Å². The van der Waals surface area contributed by atoms with Gasteiger partial charge in [0, 0.05) is 37.2 Å². The average Bonchev–Trinajstić information content (AvgIpc) is 3.18. The van der Waals surface area contributed by atoms with Crippen molar-refractivity contribution in [2.24, 2.45) is 0 Å². The molecule has 41 heavy (non-hydrogen) atoms. The molecule has 1 aliphatic rings. The second kappa shape index (κ2) is 10.3. The molecule has 216 valence electrons. The van der Waals surface area contributed by atoms with E-state index in [9.17, 15) is 14.7 Å². The van der Waals surface area contributed by atoms with E-state index in [1.165, 1.54) is 6.20 Å². The summed E-state index contributed by atoms with van der Waals surface area (Å²) in [5.41, 5.74) is 2.69. The van der Waals surface area contributed by atoms with Gasteiger partial charge in [0.25, 0.3) is 5.56 Å². The smallest absolute Gasteiger partial charge is 0.410 e. The molecule has 0 bridgehead atoms. The molecule has 5 rings (SSSR count). The van der Waals surface area contributed by atoms with Gasteiger partial charge in [-0.2, -0.15) is 4.98 Å². The van der Waals surface area contributed by atoms with E-state index in [0.29, 0.717) is 47.9 Å². The maximum Gasteiger partial charge on any atom is 0.410 e. The lowest BCUT2D eigenvalue weighted by atomic mass is 9.99. The van der Waals surface area contributed by atoms with Crippen LogP contribution in [0.5, 0.6) is 0 Å². The fourth-order valence-electron chi connectivity index (χ4n) is 4.90. The number of benzene rings is 1. The van der Waals surface area contributed by atoms with Crippen LogP contribution in [-0.2, 0) is 23.3 Å². The van der Waals surface area contributed by atoms with Crippen LogP contribution in [0.3, 0.4) is 0 Å². The van der Waals surface area contributed by atoms with Crippen LogP contribution in [0.2, 0.25) is 0 Å². The summed E-state index contributed by atoms with van der Waals surface area (Å²) >= 11 is 0. The molecule has 0 atom stereocenters. The Labute approximate surface area is 238 Å². The van der Waals surface area contributed by atoms with Crippen molar-refractivity contribution in [1.29, 1.82) is 0 Å². The van der Waals surface area contributed by atoms with Crippen LogP contribution in [0.4, 0.5) is 16.4 Å². The van der Waals surface area contributed by atoms with Crippen molar-refractivity contribution >= 4 is 28.8 Å². The molecule has 0 unspecified atom stereocenters. The van der Waals surface area contributed by atoms with E-state index >= 15 is 0 Å². The molecule has 0 spiro atoms. The first-order valence-electron chi connectivity index (χ1n) is 13.8. The molecule has 0 saturated carbocycles. The highest BCUT2D eigenvalue weighted by atomic mass is 16.6. The van der Waals surface area contributed by atoms with Crippen molar-refractivity contribution in [3.05, 3.63) is 69.9 Å². The number of anilines is 2. The van der Waals surface area contributed by atoms with Gasteiger partial charge in [0.05, 0.1) is 11.4 Å². The fraction of sp³-hybridized carbons (Fsp3) is 0.433. The van der Waals surface area contributed by atoms with Gasteiger partial charge < -0.3 is 20.1 Å². The van der Waals surface area contributed by atoms with E-state index in [0.717, 1.165) is 16.8 Å². The normalized spacial score (nSPS) is 13.9. The lowest BCUT2D eigenvalue weighted by Crippen LogP contribution is -2.39. The first-order chi connectivity index (χ1) is 19.2. The molecule has 1 amide bonds. The van der Waals surface area contributed by atoms with Crippen LogP contribution >= 0.6 is 0 Å². The van der Waals surface area contributed by atoms with E-state index in [1.807, 2.05) is 52.8 Å². The molecule has 0 aliphatic carbocycles. The number of fused-ring (bicyclic) bond motifs is 2. The Hall–Kier alpha value is -4.25. The molecule has 4 heterocycles. The minimum Gasteiger partial charge on any atom is -0.444 e. The highest BCUT2D eigenvalue weighted by Gasteiger charge is 2.26. The predicted octanol–water partition coefficient (Wildman–Crippen LogP) is 4.82. The summed E-state index contributed by atoms with van der Waals surface area (Å²) in [6.07, 6.45) is 3.54. The van der Waals surface area contributed by atoms with Gasteiger partial charge in [-0.3, -0.25) is 9.78 Å². The molecular formula is C30H37N7O4. The number of aliphatic hydroxyl groups is 1. The van der Waals surface area contributed by atoms with Crippen LogP contribution in [0.1, 0.15) is 71.3 Å². The summed E-state index contributed by atoms with van der Waals surface area (Å²) in [6.45, 7) is 13.8. The number of carbonyl (C=O) groups is 1. The number of hydrogen-bond donors (Lipinski definition) is 2. The van der Waals surface area contributed by atoms with Crippen LogP contribution in [0.15, 0.2) is 47.5 Å². The van der Waals surface area contributed by atoms with Gasteiger partial charge in [-0.1, -0.05) is 6.07 Å². The third kappa shape index (κ3) is 5.81. The Morgan fingerprint density at radius 2 is 1.83 bits per heavy atom. The third-order valence-electron chi connectivity index (χ3n) is 6.85. The summed E-state index contributed by atoms with van der Waals surface area (Å²) in [6, 6.07) is 9.35. The first kappa shape index (κ1) is 28.3. The van der Waals surface area contributed by atoms with E-state index in [1.54, 1.807) is 46.4 Å². The zero-order valence-electron chi connectivity index (χ0n) is 24.6. The summed E-state index contributed by atoms with van der Waals surface area (Å²) in [4.78, 5) is 41.1. The van der Waals surface area contributed by atoms with Crippen molar-refractivity contribution in [2.75, 3.05) is 11.9 Å². The Morgan fingerprint density at radius 3 is 2.51 bits per heavy atom. The van der Waals surface area contributed by atoms with Gasteiger partial charge in [-0.15, -0.1) is 0 Å². The molecular weight excluding hydrogens is 522 g/mol. The summed E-state index contributed by atoms with van der Waals surface area (Å²) in [5.74, 6) is 0.343. The Balaban J connectivity index is 1.47. The van der Waals surface area contributed by atoms with Crippen molar-refractivity contribution in [3.8, 4) is 5.69 Å². The molecule has 3 aromatic heterocycles. The Morgan fingerprint density at radius 1 is 1.07 bits per heavy atom. The quantitative estimate of drug-likeness (QED) is 0.356. The molecule has 1 aliphatic heterocycles. The monoisotopic (exact) mass is 559 g/mol. The molecule has 2 N–H and O–H groups in total. The lowest BCUT2D eigenvalue weighted by molar-refractivity contribution is 0.0224. The number of nitrogens with one attached hydrogen (secondary N) is 1. The Bertz CT molecular complexity index is 1680. The predicted molar refractivity (Wildman–Crippen MR) is 157 cm³/mol. The number of hydrogen-bond acceptors (Lipinski definition) is 8. The number of pyridine rings is 1. The van der Waals surface area contributed by atoms with E-state index in [2.05, 4.69) is 15.3 Å². The first-order valence-corrected chi connectivity index (χ1v) is 13.8. The fourth-order valence-corrected chi connectivity index (χ4v) is 4.90. The van der Waals surface area contributed by atoms with E-state index < -0.39 is 11.2 Å². The van der Waals surface area contributed by atoms with Crippen molar-refractivity contribution in [2.45, 2.75) is 78.7 Å². The maximum absolute atomic E-state index is 13.4. The second-order valence-corrected chi connectivity index (χ2v) is 12.2. The second-order valence-electron chi connectivity index (χ2n) is 12.2. The molecule has 4 aromatic rings. The third-order valence-corrected chi connectivity index (χ3v) is 6.85. The zero-order chi connectivity index (χ0) is 29.7. The molecule has 1 aromatic carbocycles. The van der Waals surface area contributed by atoms with Gasteiger partial charge in [0.15, 0.2) is 5.65 Å². The Kier molecular flexibility index (Phi) is 7.10. The average molecular weight is 560 g/mol. The molecule has 11 heteroatoms. The highest BCUT2D eigenvalue weighted by molar-refractivity contribution is 5.77. The number of ether oxygens (including phenoxy) is 1. The zero-order valence-corrected chi connectivity index (χ0v) is 24.6. The standard InChI is InChI=1S/C30H37N7O4/c1-18(2)36-26(38)23-16-32-27(34-25(23)37(36)22-10-12-31-24(15-22)30(6,7)40)33-21-9-8-20-17-35(13-11-19(20)14-21)28(39)41-29(3,4)5/h8-10,12,14-16,18,40H,11,13,17H2,1-7H3,(H,32,33,34). The minimum atomic E-state index is -1.15. The van der Waals surface area contributed by atoms with Gasteiger partial charge in [0.2, 0.25) is 5.95 Å². The van der Waals surface area contributed by atoms with E-state index in [-0.39, 0.29) is 17.7 Å². The number of aromatic nitrogens is 5. The topological polar surface area (TPSA) is 127 Å². The number of carbonyl (C=O) groups excluding carboxylic acids is 1. The molecule has 11 nitrogen and oxygen atoms in total. The van der Waals surface area contributed by atoms with Crippen LogP contribution in [-0.4, -0.2) is 52.6 Å². The van der Waals surface area contributed by atoms with E-state index in [4.69, 9.17) is 9.72 Å². The summed E-state index contributed by atoms with van der Waals surface area (Å²) < 4.78 is 8.92. The van der Waals surface area contributed by atoms with Crippen molar-refractivity contribution < 1.29 is 14.6 Å².